The van der Waals surface area contributed by atoms with E-state index in [1.807, 2.05) is 0 Å². The van der Waals surface area contributed by atoms with E-state index in [0.717, 1.165) is 4.88 Å². The Balaban J connectivity index is 1.92. The molecule has 6 heteroatoms. The summed E-state index contributed by atoms with van der Waals surface area (Å²) < 4.78 is 5.65. The minimum Gasteiger partial charge on any atom is -0.469 e. The number of aliphatic hydroxyl groups is 1. The number of thiophene rings is 1. The van der Waals surface area contributed by atoms with Crippen LogP contribution in [0.2, 0.25) is 4.34 Å². The van der Waals surface area contributed by atoms with Crippen LogP contribution in [0.25, 0.3) is 0 Å². The van der Waals surface area contributed by atoms with Crippen LogP contribution in [0.4, 0.5) is 0 Å². The number of rotatable bonds is 4. The largest absolute Gasteiger partial charge is 0.469 e. The van der Waals surface area contributed by atoms with Gasteiger partial charge in [-0.25, -0.2) is 0 Å². The molecule has 0 spiro atoms. The lowest BCUT2D eigenvalue weighted by atomic mass is 10.2. The zero-order valence-corrected chi connectivity index (χ0v) is 11.2. The highest BCUT2D eigenvalue weighted by atomic mass is 35.5. The van der Waals surface area contributed by atoms with Crippen molar-refractivity contribution in [2.45, 2.75) is 13.0 Å². The van der Waals surface area contributed by atoms with Gasteiger partial charge in [-0.1, -0.05) is 11.6 Å². The molecular weight excluding hydrogens is 274 g/mol. The van der Waals surface area contributed by atoms with E-state index in [-0.39, 0.29) is 12.5 Å². The first-order valence-corrected chi connectivity index (χ1v) is 6.53. The molecule has 1 amide bonds. The fourth-order valence-corrected chi connectivity index (χ4v) is 2.56. The van der Waals surface area contributed by atoms with Gasteiger partial charge in [0, 0.05) is 11.4 Å². The van der Waals surface area contributed by atoms with Gasteiger partial charge in [0.2, 0.25) is 0 Å². The van der Waals surface area contributed by atoms with Gasteiger partial charge in [0.15, 0.2) is 0 Å². The van der Waals surface area contributed by atoms with E-state index < -0.39 is 6.10 Å². The number of hydrogen-bond donors (Lipinski definition) is 2. The van der Waals surface area contributed by atoms with E-state index in [4.69, 9.17) is 16.0 Å². The zero-order chi connectivity index (χ0) is 13.1. The molecule has 2 aromatic rings. The number of nitrogens with one attached hydrogen (secondary N) is 1. The van der Waals surface area contributed by atoms with Gasteiger partial charge in [-0.3, -0.25) is 4.79 Å². The summed E-state index contributed by atoms with van der Waals surface area (Å²) in [4.78, 5) is 12.5. The summed E-state index contributed by atoms with van der Waals surface area (Å²) in [5.74, 6) is 0.295. The lowest BCUT2D eigenvalue weighted by Crippen LogP contribution is -2.28. The van der Waals surface area contributed by atoms with Crippen molar-refractivity contribution in [3.8, 4) is 0 Å². The van der Waals surface area contributed by atoms with Gasteiger partial charge in [-0.05, 0) is 25.1 Å². The molecule has 18 heavy (non-hydrogen) atoms. The summed E-state index contributed by atoms with van der Waals surface area (Å²) in [5, 5.41) is 12.5. The summed E-state index contributed by atoms with van der Waals surface area (Å²) >= 11 is 7.07. The minimum absolute atomic E-state index is 0.139. The number of aryl methyl sites for hydroxylation is 1. The number of aliphatic hydroxyl groups excluding tert-OH is 1. The van der Waals surface area contributed by atoms with Crippen molar-refractivity contribution in [3.05, 3.63) is 45.0 Å². The fourth-order valence-electron chi connectivity index (χ4n) is 1.51. The van der Waals surface area contributed by atoms with Gasteiger partial charge in [0.1, 0.15) is 11.9 Å². The topological polar surface area (TPSA) is 62.5 Å². The summed E-state index contributed by atoms with van der Waals surface area (Å²) in [7, 11) is 0. The van der Waals surface area contributed by atoms with Crippen molar-refractivity contribution in [2.24, 2.45) is 0 Å². The van der Waals surface area contributed by atoms with Crippen LogP contribution in [-0.2, 0) is 0 Å². The highest BCUT2D eigenvalue weighted by Crippen LogP contribution is 2.26. The molecule has 2 N–H and O–H groups in total. The molecule has 0 aliphatic heterocycles. The lowest BCUT2D eigenvalue weighted by Gasteiger charge is -2.09. The number of halogens is 1. The molecule has 0 saturated carbocycles. The Hall–Kier alpha value is -1.30. The smallest absolute Gasteiger partial charge is 0.254 e. The summed E-state index contributed by atoms with van der Waals surface area (Å²) in [5.41, 5.74) is 0.478. The van der Waals surface area contributed by atoms with E-state index in [1.54, 1.807) is 25.1 Å². The van der Waals surface area contributed by atoms with Gasteiger partial charge in [-0.2, -0.15) is 0 Å². The molecule has 4 nitrogen and oxygen atoms in total. The molecule has 0 radical (unpaired) electrons. The third-order valence-electron chi connectivity index (χ3n) is 2.48. The zero-order valence-electron chi connectivity index (χ0n) is 9.64. The fraction of sp³-hybridized carbons (Fsp3) is 0.250. The quantitative estimate of drug-likeness (QED) is 0.908. The van der Waals surface area contributed by atoms with Gasteiger partial charge in [0.25, 0.3) is 5.91 Å². The van der Waals surface area contributed by atoms with Crippen molar-refractivity contribution < 1.29 is 14.3 Å². The first-order valence-electron chi connectivity index (χ1n) is 5.33. The van der Waals surface area contributed by atoms with Crippen LogP contribution in [-0.4, -0.2) is 17.6 Å². The van der Waals surface area contributed by atoms with E-state index in [2.05, 4.69) is 5.32 Å². The molecule has 0 aliphatic rings. The van der Waals surface area contributed by atoms with Crippen LogP contribution >= 0.6 is 22.9 Å². The second-order valence-electron chi connectivity index (χ2n) is 3.76. The van der Waals surface area contributed by atoms with Crippen LogP contribution in [0.3, 0.4) is 0 Å². The average Bonchev–Trinajstić information content (AvgIpc) is 2.94. The number of hydrogen-bond acceptors (Lipinski definition) is 4. The Kier molecular flexibility index (Phi) is 4.06. The maximum absolute atomic E-state index is 11.8. The van der Waals surface area contributed by atoms with E-state index in [9.17, 15) is 9.90 Å². The van der Waals surface area contributed by atoms with E-state index in [1.165, 1.54) is 17.6 Å². The molecule has 2 aromatic heterocycles. The van der Waals surface area contributed by atoms with Gasteiger partial charge in [-0.15, -0.1) is 11.3 Å². The summed E-state index contributed by atoms with van der Waals surface area (Å²) in [6.45, 7) is 1.85. The van der Waals surface area contributed by atoms with E-state index >= 15 is 0 Å². The van der Waals surface area contributed by atoms with Crippen LogP contribution in [0.5, 0.6) is 0 Å². The first-order chi connectivity index (χ1) is 8.58. The predicted molar refractivity (Wildman–Crippen MR) is 70.1 cm³/mol. The summed E-state index contributed by atoms with van der Waals surface area (Å²) in [6.07, 6.45) is 0.707. The van der Waals surface area contributed by atoms with Crippen molar-refractivity contribution in [1.82, 2.24) is 5.32 Å². The monoisotopic (exact) mass is 285 g/mol. The molecule has 2 rings (SSSR count). The van der Waals surface area contributed by atoms with Gasteiger partial charge in [0.05, 0.1) is 16.2 Å². The highest BCUT2D eigenvalue weighted by molar-refractivity contribution is 7.16. The van der Waals surface area contributed by atoms with Crippen LogP contribution in [0.15, 0.2) is 28.9 Å². The normalized spacial score (nSPS) is 12.4. The predicted octanol–water partition coefficient (Wildman–Crippen LogP) is 2.77. The molecule has 2 heterocycles. The number of carbonyl (C=O) groups excluding carboxylic acids is 1. The molecule has 1 atom stereocenters. The number of amides is 1. The molecule has 0 bridgehead atoms. The maximum atomic E-state index is 11.8. The minimum atomic E-state index is -0.751. The van der Waals surface area contributed by atoms with Crippen molar-refractivity contribution >= 4 is 28.8 Å². The van der Waals surface area contributed by atoms with Gasteiger partial charge >= 0.3 is 0 Å². The van der Waals surface area contributed by atoms with Crippen molar-refractivity contribution in [1.29, 1.82) is 0 Å². The molecule has 0 aliphatic carbocycles. The first kappa shape index (κ1) is 13.1. The standard InChI is InChI=1S/C12H12ClNO3S/c1-7-8(4-5-17-7)12(16)14-6-9(15)10-2-3-11(13)18-10/h2-5,9,15H,6H2,1H3,(H,14,16)/t9-/m0/s1. The van der Waals surface area contributed by atoms with Crippen molar-refractivity contribution in [2.75, 3.05) is 6.54 Å². The Labute approximate surface area is 113 Å². The number of carbonyl (C=O) groups is 1. The Morgan fingerprint density at radius 1 is 1.56 bits per heavy atom. The molecule has 0 saturated heterocycles. The molecule has 96 valence electrons. The Morgan fingerprint density at radius 3 is 2.89 bits per heavy atom. The van der Waals surface area contributed by atoms with Crippen molar-refractivity contribution in [3.63, 3.8) is 0 Å². The van der Waals surface area contributed by atoms with Crippen LogP contribution in [0.1, 0.15) is 27.1 Å². The summed E-state index contributed by atoms with van der Waals surface area (Å²) in [6, 6.07) is 5.05. The maximum Gasteiger partial charge on any atom is 0.254 e. The molecular formula is C12H12ClNO3S. The second kappa shape index (κ2) is 5.56. The Morgan fingerprint density at radius 2 is 2.33 bits per heavy atom. The molecule has 0 aromatic carbocycles. The third kappa shape index (κ3) is 2.93. The Bertz CT molecular complexity index is 549. The SMILES string of the molecule is Cc1occc1C(=O)NC[C@H](O)c1ccc(Cl)s1. The van der Waals surface area contributed by atoms with Crippen LogP contribution in [0, 0.1) is 6.92 Å². The van der Waals surface area contributed by atoms with E-state index in [0.29, 0.717) is 15.7 Å². The number of furan rings is 1. The highest BCUT2D eigenvalue weighted by Gasteiger charge is 2.15. The third-order valence-corrected chi connectivity index (χ3v) is 3.81. The molecule has 0 unspecified atom stereocenters. The average molecular weight is 286 g/mol. The molecule has 0 fully saturated rings. The second-order valence-corrected chi connectivity index (χ2v) is 5.50. The van der Waals surface area contributed by atoms with Crippen LogP contribution < -0.4 is 5.32 Å². The van der Waals surface area contributed by atoms with Gasteiger partial charge < -0.3 is 14.8 Å². The lowest BCUT2D eigenvalue weighted by molar-refractivity contribution is 0.0916.